The number of nitrogens with one attached hydrogen (secondary N) is 2. The quantitative estimate of drug-likeness (QED) is 0.103. The average Bonchev–Trinajstić information content (AvgIpc) is 3.91. The van der Waals surface area contributed by atoms with E-state index >= 15 is 0 Å². The van der Waals surface area contributed by atoms with Crippen LogP contribution in [0.5, 0.6) is 5.88 Å². The van der Waals surface area contributed by atoms with E-state index in [1.807, 2.05) is 38.2 Å². The molecule has 3 unspecified atom stereocenters. The first-order valence-electron chi connectivity index (χ1n) is 18.7. The molecule has 3 aromatic heterocycles. The molecule has 0 amide bonds. The van der Waals surface area contributed by atoms with Crippen molar-refractivity contribution in [3.05, 3.63) is 88.9 Å². The third-order valence-electron chi connectivity index (χ3n) is 10.7. The summed E-state index contributed by atoms with van der Waals surface area (Å²) in [5, 5.41) is 13.4. The molecule has 5 aromatic rings. The number of benzene rings is 2. The molecule has 1 saturated heterocycles. The Bertz CT molecular complexity index is 2300. The fourth-order valence-corrected chi connectivity index (χ4v) is 8.75. The van der Waals surface area contributed by atoms with Crippen molar-refractivity contribution in [1.29, 1.82) is 0 Å². The van der Waals surface area contributed by atoms with Crippen LogP contribution in [0, 0.1) is 25.7 Å². The highest BCUT2D eigenvalue weighted by Crippen LogP contribution is 2.40. The Morgan fingerprint density at radius 2 is 1.73 bits per heavy atom. The minimum Gasteiger partial charge on any atom is -0.478 e. The first-order valence-corrected chi connectivity index (χ1v) is 20.2. The van der Waals surface area contributed by atoms with Crippen LogP contribution in [0.1, 0.15) is 98.2 Å². The van der Waals surface area contributed by atoms with Gasteiger partial charge in [-0.05, 0) is 80.3 Å². The molecule has 0 bridgehead atoms. The number of carbonyl (C=O) groups is 1. The van der Waals surface area contributed by atoms with E-state index in [1.54, 1.807) is 6.07 Å². The fraction of sp³-hybridized carbons (Fsp3) is 0.439. The lowest BCUT2D eigenvalue weighted by atomic mass is 9.90. The molecular formula is C41H52N8O5S. The molecule has 1 aliphatic heterocycles. The number of hydrogen-bond acceptors (Lipinski definition) is 10. The van der Waals surface area contributed by atoms with Crippen LogP contribution in [0.15, 0.2) is 65.7 Å². The van der Waals surface area contributed by atoms with Crippen LogP contribution < -0.4 is 20.9 Å². The van der Waals surface area contributed by atoms with Crippen molar-refractivity contribution in [2.75, 3.05) is 11.3 Å². The number of fused-ring (bicyclic) bond motifs is 1. The normalized spacial score (nSPS) is 19.1. The first kappa shape index (κ1) is 39.8. The molecule has 14 heteroatoms. The summed E-state index contributed by atoms with van der Waals surface area (Å²) in [6, 6.07) is 14.9. The maximum atomic E-state index is 13.5. The number of rotatable bonds is 11. The molecule has 2 aromatic carbocycles. The first-order chi connectivity index (χ1) is 25.7. The van der Waals surface area contributed by atoms with Crippen LogP contribution in [-0.4, -0.2) is 56.6 Å². The standard InChI is InChI=1S/C41H49N7O5S.H3N/c1-24-10-7-11-25(2)37(24)31-21-36(46-40(45-31)47-54(51,52)29-14-8-13-28(19-29)39(49)50)53-23-34-27(18-26-16-17-26)12-9-15-30(43-34)33-22-42-32-20-35(41(3,4)5)48(6)38(32)44-33;/h7-8,10-11,13-14,19-22,26-27,30,34,43H,9,12,15-18,23H2,1-6H3,(H,49,50)(H,45,46,47);1H3. The minimum absolute atomic E-state index is 0. The molecule has 55 heavy (non-hydrogen) atoms. The van der Waals surface area contributed by atoms with Gasteiger partial charge >= 0.3 is 5.97 Å². The lowest BCUT2D eigenvalue weighted by molar-refractivity contribution is 0.0696. The van der Waals surface area contributed by atoms with E-state index in [4.69, 9.17) is 14.7 Å². The van der Waals surface area contributed by atoms with Gasteiger partial charge in [0.25, 0.3) is 10.0 Å². The molecule has 7 rings (SSSR count). The highest BCUT2D eigenvalue weighted by atomic mass is 32.2. The van der Waals surface area contributed by atoms with Gasteiger partial charge < -0.3 is 25.9 Å². The Hall–Kier alpha value is -4.92. The second-order valence-corrected chi connectivity index (χ2v) is 17.7. The molecule has 1 aliphatic carbocycles. The number of anilines is 1. The van der Waals surface area contributed by atoms with Gasteiger partial charge in [-0.15, -0.1) is 0 Å². The molecule has 292 valence electrons. The van der Waals surface area contributed by atoms with Crippen LogP contribution in [0.2, 0.25) is 0 Å². The third kappa shape index (κ3) is 8.82. The fourth-order valence-electron chi connectivity index (χ4n) is 7.76. The van der Waals surface area contributed by atoms with Crippen molar-refractivity contribution < 1.29 is 23.1 Å². The summed E-state index contributed by atoms with van der Waals surface area (Å²) in [6.07, 6.45) is 8.55. The summed E-state index contributed by atoms with van der Waals surface area (Å²) >= 11 is 0. The summed E-state index contributed by atoms with van der Waals surface area (Å²) in [5.74, 6) is -0.0738. The molecule has 6 N–H and O–H groups in total. The van der Waals surface area contributed by atoms with E-state index in [0.29, 0.717) is 18.2 Å². The van der Waals surface area contributed by atoms with Crippen molar-refractivity contribution in [2.45, 2.75) is 95.5 Å². The molecule has 4 heterocycles. The number of hydrogen-bond donors (Lipinski definition) is 4. The van der Waals surface area contributed by atoms with Gasteiger partial charge in [0.2, 0.25) is 11.8 Å². The number of nitrogens with zero attached hydrogens (tertiary/aromatic N) is 5. The summed E-state index contributed by atoms with van der Waals surface area (Å²) in [5.41, 5.74) is 6.94. The topological polar surface area (TPSA) is 196 Å². The Balaban J connectivity index is 0.00000514. The van der Waals surface area contributed by atoms with Gasteiger partial charge in [0.1, 0.15) is 12.1 Å². The second kappa shape index (κ2) is 15.7. The third-order valence-corrected chi connectivity index (χ3v) is 12.1. The minimum atomic E-state index is -4.25. The molecule has 1 saturated carbocycles. The molecule has 3 atom stereocenters. The lowest BCUT2D eigenvalue weighted by Gasteiger charge is -2.28. The smallest absolute Gasteiger partial charge is 0.335 e. The molecule has 2 fully saturated rings. The van der Waals surface area contributed by atoms with Crippen molar-refractivity contribution in [1.82, 2.24) is 36.0 Å². The van der Waals surface area contributed by atoms with Crippen LogP contribution in [0.3, 0.4) is 0 Å². The predicted molar refractivity (Wildman–Crippen MR) is 213 cm³/mol. The van der Waals surface area contributed by atoms with Gasteiger partial charge in [-0.3, -0.25) is 4.98 Å². The SMILES string of the molecule is Cc1cccc(C)c1-c1cc(OCC2NC(c3cnc4cc(C(C)(C)C)n(C)c4n3)CCCC2CC2CC2)nc(NS(=O)(=O)c2cccc(C(=O)O)c2)n1.N. The molecule has 13 nitrogen and oxygen atoms in total. The van der Waals surface area contributed by atoms with Gasteiger partial charge in [0.15, 0.2) is 5.65 Å². The zero-order valence-corrected chi connectivity index (χ0v) is 33.3. The van der Waals surface area contributed by atoms with E-state index in [0.717, 1.165) is 71.2 Å². The Labute approximate surface area is 323 Å². The number of ether oxygens (including phenoxy) is 1. The predicted octanol–water partition coefficient (Wildman–Crippen LogP) is 7.68. The maximum absolute atomic E-state index is 13.5. The van der Waals surface area contributed by atoms with E-state index in [1.165, 1.54) is 36.7 Å². The van der Waals surface area contributed by atoms with E-state index in [-0.39, 0.29) is 45.9 Å². The summed E-state index contributed by atoms with van der Waals surface area (Å²) in [4.78, 5) is 30.6. The lowest BCUT2D eigenvalue weighted by Crippen LogP contribution is -2.42. The zero-order valence-electron chi connectivity index (χ0n) is 32.5. The summed E-state index contributed by atoms with van der Waals surface area (Å²) in [6.45, 7) is 10.8. The summed E-state index contributed by atoms with van der Waals surface area (Å²) < 4.78 is 38.2. The van der Waals surface area contributed by atoms with E-state index in [9.17, 15) is 18.3 Å². The van der Waals surface area contributed by atoms with E-state index in [2.05, 4.69) is 58.5 Å². The van der Waals surface area contributed by atoms with Gasteiger partial charge in [-0.25, -0.2) is 27.9 Å². The van der Waals surface area contributed by atoms with Crippen molar-refractivity contribution in [3.63, 3.8) is 0 Å². The van der Waals surface area contributed by atoms with Crippen molar-refractivity contribution in [2.24, 2.45) is 18.9 Å². The Kier molecular flexibility index (Phi) is 11.3. The number of carboxylic acids is 1. The molecule has 0 spiro atoms. The van der Waals surface area contributed by atoms with Crippen LogP contribution >= 0.6 is 0 Å². The number of aryl methyl sites for hydroxylation is 3. The van der Waals surface area contributed by atoms with Crippen LogP contribution in [0.25, 0.3) is 22.4 Å². The van der Waals surface area contributed by atoms with Gasteiger partial charge in [0, 0.05) is 35.8 Å². The summed E-state index contributed by atoms with van der Waals surface area (Å²) in [7, 11) is -2.19. The monoisotopic (exact) mass is 768 g/mol. The highest BCUT2D eigenvalue weighted by molar-refractivity contribution is 7.92. The number of aromatic carboxylic acids is 1. The Morgan fingerprint density at radius 1 is 1.00 bits per heavy atom. The van der Waals surface area contributed by atoms with Crippen molar-refractivity contribution in [3.8, 4) is 17.1 Å². The second-order valence-electron chi connectivity index (χ2n) is 16.0. The van der Waals surface area contributed by atoms with Gasteiger partial charge in [0.05, 0.1) is 34.1 Å². The Morgan fingerprint density at radius 3 is 2.42 bits per heavy atom. The number of aromatic nitrogens is 5. The molecule has 2 aliphatic rings. The highest BCUT2D eigenvalue weighted by Gasteiger charge is 2.35. The average molecular weight is 769 g/mol. The van der Waals surface area contributed by atoms with Gasteiger partial charge in [-0.1, -0.05) is 64.3 Å². The van der Waals surface area contributed by atoms with Crippen molar-refractivity contribution >= 4 is 33.1 Å². The van der Waals surface area contributed by atoms with E-state index < -0.39 is 16.0 Å². The van der Waals surface area contributed by atoms with Crippen LogP contribution in [0.4, 0.5) is 5.95 Å². The van der Waals surface area contributed by atoms with Crippen LogP contribution in [-0.2, 0) is 22.5 Å². The largest absolute Gasteiger partial charge is 0.478 e. The number of sulfonamides is 1. The molecular weight excluding hydrogens is 717 g/mol. The maximum Gasteiger partial charge on any atom is 0.335 e. The molecule has 0 radical (unpaired) electrons. The zero-order chi connectivity index (χ0) is 38.4. The van der Waals surface area contributed by atoms with Gasteiger partial charge in [-0.2, -0.15) is 4.98 Å². The number of carboxylic acid groups (broad SMARTS) is 1.